The smallest absolute Gasteiger partial charge is 0.219 e. The van der Waals surface area contributed by atoms with Gasteiger partial charge in [-0.15, -0.1) is 0 Å². The summed E-state index contributed by atoms with van der Waals surface area (Å²) < 4.78 is 16.6. The van der Waals surface area contributed by atoms with Crippen LogP contribution in [0.1, 0.15) is 11.1 Å². The molecule has 0 amide bonds. The SMILES string of the molecule is [C-]#[N+]c1c(C#N)c(-n2c3ccccc3c3c4oc5ccccc5c4ccc32)c(C#N)c([N+]#[C-])c1-n1c2ccccc2c2c3oc4ccccc4c3ccc21. The van der Waals surface area contributed by atoms with E-state index in [4.69, 9.17) is 22.0 Å². The minimum absolute atomic E-state index is 0.00736. The molecular formula is C46H20N6O2. The van der Waals surface area contributed by atoms with Gasteiger partial charge < -0.3 is 18.0 Å². The average molecular weight is 689 g/mol. The van der Waals surface area contributed by atoms with Crippen LogP contribution in [0.4, 0.5) is 11.4 Å². The first-order chi connectivity index (χ1) is 26.7. The monoisotopic (exact) mass is 688 g/mol. The summed E-state index contributed by atoms with van der Waals surface area (Å²) in [5.74, 6) is 0. The molecule has 0 atom stereocenters. The van der Waals surface area contributed by atoms with E-state index >= 15 is 0 Å². The number of hydrogen-bond donors (Lipinski definition) is 0. The van der Waals surface area contributed by atoms with Gasteiger partial charge in [0.15, 0.2) is 0 Å². The van der Waals surface area contributed by atoms with Crippen LogP contribution in [0.15, 0.2) is 130 Å². The van der Waals surface area contributed by atoms with Crippen LogP contribution >= 0.6 is 0 Å². The van der Waals surface area contributed by atoms with E-state index < -0.39 is 0 Å². The van der Waals surface area contributed by atoms with Crippen LogP contribution in [0.3, 0.4) is 0 Å². The van der Waals surface area contributed by atoms with Gasteiger partial charge in [0.25, 0.3) is 0 Å². The molecule has 54 heavy (non-hydrogen) atoms. The molecule has 8 nitrogen and oxygen atoms in total. The van der Waals surface area contributed by atoms with Crippen molar-refractivity contribution in [2.45, 2.75) is 0 Å². The number of hydrogen-bond acceptors (Lipinski definition) is 4. The van der Waals surface area contributed by atoms with Crippen LogP contribution in [0.25, 0.3) is 109 Å². The highest BCUT2D eigenvalue weighted by Gasteiger charge is 2.31. The maximum absolute atomic E-state index is 11.1. The molecule has 0 aliphatic carbocycles. The molecule has 0 bridgehead atoms. The van der Waals surface area contributed by atoms with Crippen molar-refractivity contribution in [3.63, 3.8) is 0 Å². The lowest BCUT2D eigenvalue weighted by Crippen LogP contribution is -2.06. The maximum atomic E-state index is 11.1. The third-order valence-electron chi connectivity index (χ3n) is 10.7. The average Bonchev–Trinajstić information content (AvgIpc) is 3.97. The van der Waals surface area contributed by atoms with Crippen LogP contribution in [-0.4, -0.2) is 9.13 Å². The predicted octanol–water partition coefficient (Wildman–Crippen LogP) is 12.5. The molecule has 0 unspecified atom stereocenters. The number of aromatic nitrogens is 2. The second-order valence-electron chi connectivity index (χ2n) is 13.2. The zero-order valence-corrected chi connectivity index (χ0v) is 28.0. The van der Waals surface area contributed by atoms with Crippen LogP contribution in [0.2, 0.25) is 0 Å². The third kappa shape index (κ3) is 3.56. The summed E-state index contributed by atoms with van der Waals surface area (Å²) in [4.78, 5) is 8.00. The van der Waals surface area contributed by atoms with E-state index in [1.165, 1.54) is 0 Å². The van der Waals surface area contributed by atoms with Gasteiger partial charge in [-0.1, -0.05) is 72.8 Å². The summed E-state index contributed by atoms with van der Waals surface area (Å²) in [6.45, 7) is 17.2. The highest BCUT2D eigenvalue weighted by atomic mass is 16.3. The lowest BCUT2D eigenvalue weighted by molar-refractivity contribution is 0.672. The predicted molar refractivity (Wildman–Crippen MR) is 212 cm³/mol. The van der Waals surface area contributed by atoms with Crippen LogP contribution in [-0.2, 0) is 0 Å². The first-order valence-electron chi connectivity index (χ1n) is 17.1. The molecule has 4 aromatic heterocycles. The van der Waals surface area contributed by atoms with Crippen molar-refractivity contribution in [1.82, 2.24) is 9.13 Å². The molecule has 8 heteroatoms. The van der Waals surface area contributed by atoms with Gasteiger partial charge in [0, 0.05) is 32.3 Å². The van der Waals surface area contributed by atoms with Crippen LogP contribution in [0.5, 0.6) is 0 Å². The van der Waals surface area contributed by atoms with E-state index in [9.17, 15) is 10.5 Å². The van der Waals surface area contributed by atoms with E-state index in [1.807, 2.05) is 130 Å². The quantitative estimate of drug-likeness (QED) is 0.169. The van der Waals surface area contributed by atoms with Crippen LogP contribution in [0, 0.1) is 35.8 Å². The highest BCUT2D eigenvalue weighted by Crippen LogP contribution is 2.50. The lowest BCUT2D eigenvalue weighted by Gasteiger charge is -2.20. The molecule has 246 valence electrons. The van der Waals surface area contributed by atoms with Crippen molar-refractivity contribution in [2.24, 2.45) is 0 Å². The van der Waals surface area contributed by atoms with Gasteiger partial charge in [0.05, 0.1) is 80.6 Å². The van der Waals surface area contributed by atoms with Crippen LogP contribution < -0.4 is 0 Å². The van der Waals surface area contributed by atoms with Gasteiger partial charge in [-0.25, -0.2) is 9.69 Å². The largest absolute Gasteiger partial charge is 0.455 e. The molecule has 0 fully saturated rings. The lowest BCUT2D eigenvalue weighted by atomic mass is 10.00. The summed E-state index contributed by atoms with van der Waals surface area (Å²) in [5.41, 5.74) is 5.91. The van der Waals surface area contributed by atoms with E-state index in [0.717, 1.165) is 54.3 Å². The molecule has 0 radical (unpaired) electrons. The fourth-order valence-electron chi connectivity index (χ4n) is 8.51. The molecule has 4 heterocycles. The summed E-state index contributed by atoms with van der Waals surface area (Å²) in [6, 6.07) is 43.7. The molecule has 0 saturated heterocycles. The Balaban J connectivity index is 1.31. The zero-order valence-electron chi connectivity index (χ0n) is 28.0. The second-order valence-corrected chi connectivity index (χ2v) is 13.2. The Morgan fingerprint density at radius 2 is 0.852 bits per heavy atom. The Bertz CT molecular complexity index is 3380. The van der Waals surface area contributed by atoms with Crippen molar-refractivity contribution < 1.29 is 8.83 Å². The molecule has 0 saturated carbocycles. The van der Waals surface area contributed by atoms with Crippen molar-refractivity contribution >= 4 is 98.9 Å². The first kappa shape index (κ1) is 29.4. The second kappa shape index (κ2) is 10.6. The van der Waals surface area contributed by atoms with Crippen molar-refractivity contribution in [2.75, 3.05) is 0 Å². The maximum Gasteiger partial charge on any atom is 0.219 e. The van der Waals surface area contributed by atoms with Gasteiger partial charge in [0.1, 0.15) is 22.3 Å². The summed E-state index contributed by atoms with van der Waals surface area (Å²) in [6.07, 6.45) is 0. The number of fused-ring (bicyclic) bond motifs is 14. The highest BCUT2D eigenvalue weighted by molar-refractivity contribution is 6.26. The number of para-hydroxylation sites is 4. The Morgan fingerprint density at radius 1 is 0.444 bits per heavy atom. The summed E-state index contributed by atoms with van der Waals surface area (Å²) in [5, 5.41) is 29.3. The van der Waals surface area contributed by atoms with Gasteiger partial charge in [-0.05, 0) is 48.5 Å². The standard InChI is InChI=1S/C46H20N6O2/c1-49-41-31(23-47)43(51-33-15-7-3-13-29(33)39-35(51)21-19-27-25-11-5-9-17-37(25)53-45(27)39)32(24-48)42(50-2)44(41)52-34-16-8-4-14-30(34)40-36(52)22-20-28-26-12-6-10-18-38(26)54-46(28)40/h3-22H. The van der Waals surface area contributed by atoms with E-state index in [0.29, 0.717) is 33.2 Å². The Labute approximate surface area is 305 Å². The van der Waals surface area contributed by atoms with Crippen molar-refractivity contribution in [1.29, 1.82) is 10.5 Å². The first-order valence-corrected chi connectivity index (χ1v) is 17.1. The summed E-state index contributed by atoms with van der Waals surface area (Å²) in [7, 11) is 0. The molecule has 0 spiro atoms. The minimum atomic E-state index is -0.0272. The number of furan rings is 2. The van der Waals surface area contributed by atoms with E-state index in [-0.39, 0.29) is 33.9 Å². The Kier molecular flexibility index (Phi) is 5.78. The number of benzene rings is 7. The molecule has 0 aliphatic heterocycles. The number of rotatable bonds is 2. The fraction of sp³-hybridized carbons (Fsp3) is 0. The fourth-order valence-corrected chi connectivity index (χ4v) is 8.51. The van der Waals surface area contributed by atoms with Gasteiger partial charge in [-0.3, -0.25) is 0 Å². The molecule has 11 rings (SSSR count). The minimum Gasteiger partial charge on any atom is -0.455 e. The van der Waals surface area contributed by atoms with Crippen molar-refractivity contribution in [3.05, 3.63) is 155 Å². The molecule has 11 aromatic rings. The Morgan fingerprint density at radius 3 is 1.30 bits per heavy atom. The number of nitrogens with zero attached hydrogens (tertiary/aromatic N) is 6. The normalized spacial score (nSPS) is 11.6. The Hall–Kier alpha value is -8.30. The summed E-state index contributed by atoms with van der Waals surface area (Å²) >= 11 is 0. The van der Waals surface area contributed by atoms with Gasteiger partial charge in [0.2, 0.25) is 11.4 Å². The molecule has 0 aliphatic rings. The van der Waals surface area contributed by atoms with Gasteiger partial charge >= 0.3 is 0 Å². The topological polar surface area (TPSA) is 92.4 Å². The molecule has 7 aromatic carbocycles. The third-order valence-corrected chi connectivity index (χ3v) is 10.7. The van der Waals surface area contributed by atoms with Crippen molar-refractivity contribution in [3.8, 4) is 23.5 Å². The van der Waals surface area contributed by atoms with E-state index in [1.54, 1.807) is 0 Å². The zero-order chi connectivity index (χ0) is 36.2. The van der Waals surface area contributed by atoms with Gasteiger partial charge in [-0.2, -0.15) is 10.5 Å². The number of nitriles is 2. The molecule has 0 N–H and O–H groups in total. The molecular weight excluding hydrogens is 669 g/mol. The van der Waals surface area contributed by atoms with E-state index in [2.05, 4.69) is 21.8 Å².